The highest BCUT2D eigenvalue weighted by molar-refractivity contribution is 5.95. The molecule has 1 aromatic carbocycles. The van der Waals surface area contributed by atoms with E-state index in [1.165, 1.54) is 10.5 Å². The lowest BCUT2D eigenvalue weighted by Gasteiger charge is -2.41. The van der Waals surface area contributed by atoms with E-state index >= 15 is 0 Å². The van der Waals surface area contributed by atoms with E-state index < -0.39 is 28.9 Å². The molecule has 1 aliphatic heterocycles. The third-order valence-electron chi connectivity index (χ3n) is 5.90. The molecule has 0 bridgehead atoms. The summed E-state index contributed by atoms with van der Waals surface area (Å²) in [4.78, 5) is 18.0. The molecular formula is C23H23F2N7O4. The van der Waals surface area contributed by atoms with Gasteiger partial charge in [-0.1, -0.05) is 11.3 Å². The fraction of sp³-hybridized carbons (Fsp3) is 0.348. The normalized spacial score (nSPS) is 16.7. The molecule has 0 spiro atoms. The van der Waals surface area contributed by atoms with Crippen LogP contribution in [0.15, 0.2) is 36.5 Å². The molecule has 0 radical (unpaired) electrons. The summed E-state index contributed by atoms with van der Waals surface area (Å²) >= 11 is 0. The first-order valence-corrected chi connectivity index (χ1v) is 11.1. The van der Waals surface area contributed by atoms with Gasteiger partial charge in [-0.05, 0) is 45.0 Å². The first-order valence-electron chi connectivity index (χ1n) is 11.1. The number of rotatable bonds is 6. The molecular weight excluding hydrogens is 476 g/mol. The molecule has 5 rings (SSSR count). The van der Waals surface area contributed by atoms with Crippen molar-refractivity contribution in [2.45, 2.75) is 38.7 Å². The van der Waals surface area contributed by atoms with Crippen molar-refractivity contribution in [3.05, 3.63) is 70.9 Å². The van der Waals surface area contributed by atoms with Crippen LogP contribution in [0.4, 0.5) is 8.78 Å². The molecule has 0 saturated carbocycles. The van der Waals surface area contributed by atoms with Crippen LogP contribution in [-0.4, -0.2) is 54.9 Å². The van der Waals surface area contributed by atoms with E-state index in [4.69, 9.17) is 14.2 Å². The maximum Gasteiger partial charge on any atom is 0.271 e. The first-order chi connectivity index (χ1) is 17.2. The SMILES string of the molecule is Cc1nc2c(OCc3c(F)cccc3F)cccn2c1C(=O)NC1(c2nn[nH]n2)COC(C)(C)OC1. The number of nitrogens with one attached hydrogen (secondary N) is 2. The highest BCUT2D eigenvalue weighted by Crippen LogP contribution is 2.30. The zero-order chi connectivity index (χ0) is 25.5. The van der Waals surface area contributed by atoms with Crippen molar-refractivity contribution in [3.63, 3.8) is 0 Å². The Balaban J connectivity index is 1.45. The van der Waals surface area contributed by atoms with E-state index in [1.54, 1.807) is 39.1 Å². The minimum Gasteiger partial charge on any atom is -0.485 e. The molecule has 36 heavy (non-hydrogen) atoms. The summed E-state index contributed by atoms with van der Waals surface area (Å²) in [7, 11) is 0. The zero-order valence-corrected chi connectivity index (χ0v) is 19.7. The minimum atomic E-state index is -1.20. The number of ether oxygens (including phenoxy) is 3. The average Bonchev–Trinajstić information content (AvgIpc) is 3.49. The number of aromatic nitrogens is 6. The van der Waals surface area contributed by atoms with E-state index in [9.17, 15) is 13.6 Å². The number of fused-ring (bicyclic) bond motifs is 1. The average molecular weight is 499 g/mol. The third kappa shape index (κ3) is 4.27. The fourth-order valence-corrected chi connectivity index (χ4v) is 3.94. The van der Waals surface area contributed by atoms with Crippen molar-refractivity contribution in [2.24, 2.45) is 0 Å². The molecule has 3 aromatic heterocycles. The van der Waals surface area contributed by atoms with E-state index in [-0.39, 0.29) is 42.7 Å². The Labute approximate surface area is 203 Å². The molecule has 0 atom stereocenters. The van der Waals surface area contributed by atoms with Crippen LogP contribution in [0.25, 0.3) is 5.65 Å². The predicted octanol–water partition coefficient (Wildman–Crippen LogP) is 2.42. The van der Waals surface area contributed by atoms with Crippen LogP contribution >= 0.6 is 0 Å². The quantitative estimate of drug-likeness (QED) is 0.414. The molecule has 11 nitrogen and oxygen atoms in total. The molecule has 188 valence electrons. The van der Waals surface area contributed by atoms with Crippen molar-refractivity contribution >= 4 is 11.6 Å². The molecule has 1 aliphatic rings. The first kappa shape index (κ1) is 23.8. The maximum atomic E-state index is 14.0. The molecule has 1 fully saturated rings. The number of halogens is 2. The second kappa shape index (κ2) is 8.91. The number of hydrogen-bond donors (Lipinski definition) is 2. The monoisotopic (exact) mass is 499 g/mol. The molecule has 1 amide bonds. The summed E-state index contributed by atoms with van der Waals surface area (Å²) in [5.74, 6) is -2.31. The number of benzene rings is 1. The molecule has 4 aromatic rings. The smallest absolute Gasteiger partial charge is 0.271 e. The standard InChI is InChI=1S/C23H23F2N7O4/c1-13-18(20(33)27-23(21-28-30-31-29-21)11-35-22(2,3)36-12-23)32-9-5-8-17(19(32)26-13)34-10-14-15(24)6-4-7-16(14)25/h4-9H,10-12H2,1-3H3,(H,27,33)(H,28,29,30,31). The minimum absolute atomic E-state index is 0.0453. The summed E-state index contributed by atoms with van der Waals surface area (Å²) in [6.45, 7) is 4.93. The van der Waals surface area contributed by atoms with Crippen LogP contribution in [0.2, 0.25) is 0 Å². The zero-order valence-electron chi connectivity index (χ0n) is 19.7. The Hall–Kier alpha value is -3.97. The molecule has 0 unspecified atom stereocenters. The van der Waals surface area contributed by atoms with Crippen LogP contribution in [0.1, 0.15) is 41.4 Å². The van der Waals surface area contributed by atoms with Gasteiger partial charge in [0.25, 0.3) is 5.91 Å². The molecule has 2 N–H and O–H groups in total. The summed E-state index contributed by atoms with van der Waals surface area (Å²) in [6, 6.07) is 6.84. The number of pyridine rings is 1. The van der Waals surface area contributed by atoms with Gasteiger partial charge in [-0.25, -0.2) is 13.8 Å². The Morgan fingerprint density at radius 2 is 1.92 bits per heavy atom. The van der Waals surface area contributed by atoms with Crippen LogP contribution in [0.5, 0.6) is 5.75 Å². The van der Waals surface area contributed by atoms with Gasteiger partial charge in [-0.2, -0.15) is 5.21 Å². The number of H-pyrrole nitrogens is 1. The molecule has 13 heteroatoms. The largest absolute Gasteiger partial charge is 0.485 e. The van der Waals surface area contributed by atoms with E-state index in [2.05, 4.69) is 30.9 Å². The second-order valence-electron chi connectivity index (χ2n) is 8.85. The lowest BCUT2D eigenvalue weighted by Crippen LogP contribution is -2.59. The molecule has 4 heterocycles. The van der Waals surface area contributed by atoms with Gasteiger partial charge >= 0.3 is 0 Å². The maximum absolute atomic E-state index is 14.0. The lowest BCUT2D eigenvalue weighted by molar-refractivity contribution is -0.273. The van der Waals surface area contributed by atoms with Crippen molar-refractivity contribution in [3.8, 4) is 5.75 Å². The Kier molecular flexibility index (Phi) is 5.88. The number of carbonyl (C=O) groups is 1. The summed E-state index contributed by atoms with van der Waals surface area (Å²) in [5.41, 5.74) is -0.472. The fourth-order valence-electron chi connectivity index (χ4n) is 3.94. The topological polar surface area (TPSA) is 129 Å². The van der Waals surface area contributed by atoms with Crippen LogP contribution in [0, 0.1) is 18.6 Å². The number of tetrazole rings is 1. The highest BCUT2D eigenvalue weighted by atomic mass is 19.1. The van der Waals surface area contributed by atoms with Crippen LogP contribution < -0.4 is 10.1 Å². The van der Waals surface area contributed by atoms with Crippen LogP contribution in [0.3, 0.4) is 0 Å². The Bertz CT molecular complexity index is 1390. The Morgan fingerprint density at radius 1 is 1.19 bits per heavy atom. The van der Waals surface area contributed by atoms with Gasteiger partial charge in [0.15, 0.2) is 22.7 Å². The van der Waals surface area contributed by atoms with E-state index in [0.29, 0.717) is 11.3 Å². The summed E-state index contributed by atoms with van der Waals surface area (Å²) in [5, 5.41) is 17.0. The van der Waals surface area contributed by atoms with Crippen molar-refractivity contribution < 1.29 is 27.8 Å². The second-order valence-corrected chi connectivity index (χ2v) is 8.85. The number of imidazole rings is 1. The highest BCUT2D eigenvalue weighted by Gasteiger charge is 2.46. The predicted molar refractivity (Wildman–Crippen MR) is 120 cm³/mol. The molecule has 1 saturated heterocycles. The van der Waals surface area contributed by atoms with Crippen molar-refractivity contribution in [1.29, 1.82) is 0 Å². The Morgan fingerprint density at radius 3 is 2.58 bits per heavy atom. The van der Waals surface area contributed by atoms with Gasteiger partial charge in [-0.15, -0.1) is 10.2 Å². The number of nitrogens with zero attached hydrogens (tertiary/aromatic N) is 5. The lowest BCUT2D eigenvalue weighted by atomic mass is 9.98. The van der Waals surface area contributed by atoms with Gasteiger partial charge < -0.3 is 19.5 Å². The van der Waals surface area contributed by atoms with E-state index in [1.807, 2.05) is 0 Å². The van der Waals surface area contributed by atoms with E-state index in [0.717, 1.165) is 12.1 Å². The number of hydrogen-bond acceptors (Lipinski definition) is 8. The number of aromatic amines is 1. The van der Waals surface area contributed by atoms with Gasteiger partial charge in [0.1, 0.15) is 23.9 Å². The van der Waals surface area contributed by atoms with Crippen LogP contribution in [-0.2, 0) is 21.6 Å². The molecule has 0 aliphatic carbocycles. The third-order valence-corrected chi connectivity index (χ3v) is 5.90. The number of aryl methyl sites for hydroxylation is 1. The van der Waals surface area contributed by atoms with Gasteiger partial charge in [0.2, 0.25) is 5.82 Å². The van der Waals surface area contributed by atoms with Crippen molar-refractivity contribution in [2.75, 3.05) is 13.2 Å². The summed E-state index contributed by atoms with van der Waals surface area (Å²) in [6.07, 6.45) is 1.64. The van der Waals surface area contributed by atoms with Gasteiger partial charge in [0, 0.05) is 6.20 Å². The van der Waals surface area contributed by atoms with Crippen molar-refractivity contribution in [1.82, 2.24) is 35.3 Å². The number of amides is 1. The summed E-state index contributed by atoms with van der Waals surface area (Å²) < 4.78 is 46.9. The van der Waals surface area contributed by atoms with Gasteiger partial charge in [-0.3, -0.25) is 9.20 Å². The number of carbonyl (C=O) groups excluding carboxylic acids is 1. The van der Waals surface area contributed by atoms with Gasteiger partial charge in [0.05, 0.1) is 24.5 Å².